The van der Waals surface area contributed by atoms with Crippen molar-refractivity contribution in [1.29, 1.82) is 0 Å². The van der Waals surface area contributed by atoms with Gasteiger partial charge in [0.25, 0.3) is 0 Å². The number of hydrogen-bond donors (Lipinski definition) is 3. The zero-order valence-electron chi connectivity index (χ0n) is 28.9. The van der Waals surface area contributed by atoms with Crippen LogP contribution in [0.1, 0.15) is 33.7 Å². The summed E-state index contributed by atoms with van der Waals surface area (Å²) in [6.45, 7) is -0.262. The topological polar surface area (TPSA) is 139 Å². The van der Waals surface area contributed by atoms with Gasteiger partial charge in [-0.3, -0.25) is 24.0 Å². The average molecular weight is 749 g/mol. The van der Waals surface area contributed by atoms with Gasteiger partial charge in [-0.05, 0) is 70.1 Å². The van der Waals surface area contributed by atoms with Crippen molar-refractivity contribution in [1.82, 2.24) is 10.6 Å². The molecule has 272 valence electrons. The SMILES string of the molecule is O=C1COc2ccc(cc2)C[C@@H](C(=O)O)CC(=O)[C@H](Cc2cccs2)NC(=O)[C@@H](Cc2ccc(-c3ccccc3)cc2)NC(=O)[C@H](Cc2cccs2)C1. The highest BCUT2D eigenvalue weighted by atomic mass is 32.1. The van der Waals surface area contributed by atoms with Crippen molar-refractivity contribution in [3.63, 3.8) is 0 Å². The number of carboxylic acids is 1. The largest absolute Gasteiger partial charge is 0.486 e. The van der Waals surface area contributed by atoms with Crippen LogP contribution in [0, 0.1) is 11.8 Å². The van der Waals surface area contributed by atoms with E-state index in [0.29, 0.717) is 17.7 Å². The number of hydrogen-bond acceptors (Lipinski definition) is 8. The number of nitrogens with one attached hydrogen (secondary N) is 2. The maximum atomic E-state index is 14.3. The minimum atomic E-state index is -1.13. The molecule has 0 saturated heterocycles. The molecule has 2 aliphatic heterocycles. The molecule has 0 fully saturated rings. The second kappa shape index (κ2) is 17.9. The van der Waals surface area contributed by atoms with Gasteiger partial charge in [0, 0.05) is 41.4 Å². The highest BCUT2D eigenvalue weighted by Gasteiger charge is 2.33. The molecule has 0 unspecified atom stereocenters. The van der Waals surface area contributed by atoms with E-state index in [-0.39, 0.29) is 44.5 Å². The molecule has 0 aliphatic carbocycles. The van der Waals surface area contributed by atoms with Crippen LogP contribution in [0.5, 0.6) is 5.75 Å². The van der Waals surface area contributed by atoms with E-state index < -0.39 is 47.5 Å². The molecule has 2 amide bonds. The number of rotatable bonds is 8. The van der Waals surface area contributed by atoms with Crippen molar-refractivity contribution < 1.29 is 33.8 Å². The molecule has 7 rings (SSSR count). The van der Waals surface area contributed by atoms with E-state index >= 15 is 0 Å². The van der Waals surface area contributed by atoms with Gasteiger partial charge in [-0.2, -0.15) is 0 Å². The van der Waals surface area contributed by atoms with E-state index in [2.05, 4.69) is 10.6 Å². The fourth-order valence-electron chi connectivity index (χ4n) is 6.41. The van der Waals surface area contributed by atoms with Gasteiger partial charge in [0.15, 0.2) is 11.6 Å². The lowest BCUT2D eigenvalue weighted by atomic mass is 9.91. The Balaban J connectivity index is 1.33. The maximum Gasteiger partial charge on any atom is 0.307 e. The van der Waals surface area contributed by atoms with E-state index in [4.69, 9.17) is 4.74 Å². The molecular formula is C42H40N2O7S2. The highest BCUT2D eigenvalue weighted by molar-refractivity contribution is 7.10. The summed E-state index contributed by atoms with van der Waals surface area (Å²) in [6, 6.07) is 29.7. The molecule has 0 saturated carbocycles. The summed E-state index contributed by atoms with van der Waals surface area (Å²) in [5.41, 5.74) is 3.49. The smallest absolute Gasteiger partial charge is 0.307 e. The van der Waals surface area contributed by atoms with Gasteiger partial charge in [-0.15, -0.1) is 22.7 Å². The van der Waals surface area contributed by atoms with Crippen LogP contribution >= 0.6 is 22.7 Å². The lowest BCUT2D eigenvalue weighted by Gasteiger charge is -2.25. The van der Waals surface area contributed by atoms with Gasteiger partial charge in [0.1, 0.15) is 18.4 Å². The lowest BCUT2D eigenvalue weighted by Crippen LogP contribution is -2.54. The first-order valence-electron chi connectivity index (χ1n) is 17.5. The monoisotopic (exact) mass is 748 g/mol. The summed E-state index contributed by atoms with van der Waals surface area (Å²) in [5.74, 6) is -4.29. The molecule has 3 aromatic carbocycles. The van der Waals surface area contributed by atoms with E-state index in [1.807, 2.05) is 89.6 Å². The van der Waals surface area contributed by atoms with Gasteiger partial charge >= 0.3 is 5.97 Å². The van der Waals surface area contributed by atoms with E-state index in [1.165, 1.54) is 22.7 Å². The number of amides is 2. The van der Waals surface area contributed by atoms with Crippen LogP contribution in [0.4, 0.5) is 0 Å². The standard InChI is InChI=1S/C42H40N2O7S2/c45-33-22-31(23-35-8-4-18-52-35)40(47)44-38(21-28-10-14-30(15-11-28)29-6-2-1-3-7-29)41(48)43-37(25-36-9-5-19-53-36)39(46)24-32(42(49)50)20-27-12-16-34(17-13-27)51-26-33/h1-19,31-32,37-38H,20-26H2,(H,43,48)(H,44,47)(H,49,50)/t31-,32+,37-,38+/m0/s1. The van der Waals surface area contributed by atoms with Crippen LogP contribution in [0.25, 0.3) is 11.1 Å². The molecule has 53 heavy (non-hydrogen) atoms. The zero-order valence-corrected chi connectivity index (χ0v) is 30.6. The Morgan fingerprint density at radius 1 is 0.660 bits per heavy atom. The van der Waals surface area contributed by atoms with Gasteiger partial charge in [0.2, 0.25) is 11.8 Å². The Hall–Kier alpha value is -5.39. The number of benzene rings is 3. The van der Waals surface area contributed by atoms with Crippen molar-refractivity contribution in [2.45, 2.75) is 50.6 Å². The summed E-state index contributed by atoms with van der Waals surface area (Å²) >= 11 is 2.91. The Bertz CT molecular complexity index is 1990. The molecule has 9 nitrogen and oxygen atoms in total. The van der Waals surface area contributed by atoms with Gasteiger partial charge in [-0.25, -0.2) is 0 Å². The Morgan fingerprint density at radius 3 is 1.94 bits per heavy atom. The fourth-order valence-corrected chi connectivity index (χ4v) is 7.95. The Labute approximate surface area is 316 Å². The average Bonchev–Trinajstić information content (AvgIpc) is 3.88. The highest BCUT2D eigenvalue weighted by Crippen LogP contribution is 2.24. The van der Waals surface area contributed by atoms with Crippen LogP contribution in [0.15, 0.2) is 114 Å². The number of carbonyl (C=O) groups is 5. The minimum Gasteiger partial charge on any atom is -0.486 e. The van der Waals surface area contributed by atoms with Crippen molar-refractivity contribution in [3.05, 3.63) is 135 Å². The van der Waals surface area contributed by atoms with Crippen molar-refractivity contribution in [3.8, 4) is 16.9 Å². The first kappa shape index (κ1) is 37.4. The second-order valence-electron chi connectivity index (χ2n) is 13.2. The number of aliphatic carboxylic acids is 1. The number of fused-ring (bicyclic) bond motifs is 16. The van der Waals surface area contributed by atoms with E-state index in [9.17, 15) is 29.1 Å². The predicted octanol–water partition coefficient (Wildman–Crippen LogP) is 6.34. The van der Waals surface area contributed by atoms with Gasteiger partial charge < -0.3 is 20.5 Å². The van der Waals surface area contributed by atoms with E-state index in [1.54, 1.807) is 24.3 Å². The third kappa shape index (κ3) is 10.6. The lowest BCUT2D eigenvalue weighted by molar-refractivity contribution is -0.144. The number of carbonyl (C=O) groups excluding carboxylic acids is 4. The molecule has 3 N–H and O–H groups in total. The van der Waals surface area contributed by atoms with Crippen LogP contribution < -0.4 is 15.4 Å². The third-order valence-corrected chi connectivity index (χ3v) is 11.1. The summed E-state index contributed by atoms with van der Waals surface area (Å²) in [7, 11) is 0. The number of carboxylic acid groups (broad SMARTS) is 1. The molecular weight excluding hydrogens is 709 g/mol. The first-order chi connectivity index (χ1) is 25.7. The van der Waals surface area contributed by atoms with Crippen LogP contribution in [0.3, 0.4) is 0 Å². The molecule has 2 aromatic heterocycles. The van der Waals surface area contributed by atoms with Crippen molar-refractivity contribution in [2.75, 3.05) is 6.61 Å². The quantitative estimate of drug-likeness (QED) is 0.168. The normalized spacial score (nSPS) is 20.4. The summed E-state index contributed by atoms with van der Waals surface area (Å²) in [4.78, 5) is 69.8. The maximum absolute atomic E-state index is 14.3. The molecule has 4 heterocycles. The van der Waals surface area contributed by atoms with Gasteiger partial charge in [0.05, 0.1) is 12.0 Å². The number of ketones is 2. The molecule has 2 bridgehead atoms. The van der Waals surface area contributed by atoms with E-state index in [0.717, 1.165) is 26.4 Å². The molecule has 0 radical (unpaired) electrons. The zero-order chi connectivity index (χ0) is 37.2. The second-order valence-corrected chi connectivity index (χ2v) is 15.3. The predicted molar refractivity (Wildman–Crippen MR) is 205 cm³/mol. The van der Waals surface area contributed by atoms with Gasteiger partial charge in [-0.1, -0.05) is 78.9 Å². The third-order valence-electron chi connectivity index (χ3n) is 9.30. The first-order valence-corrected chi connectivity index (χ1v) is 19.2. The minimum absolute atomic E-state index is 0.0853. The summed E-state index contributed by atoms with van der Waals surface area (Å²) < 4.78 is 5.76. The molecule has 0 spiro atoms. The van der Waals surface area contributed by atoms with Crippen molar-refractivity contribution >= 4 is 52.0 Å². The number of ether oxygens (including phenoxy) is 1. The summed E-state index contributed by atoms with van der Waals surface area (Å²) in [5, 5.41) is 19.7. The van der Waals surface area contributed by atoms with Crippen LogP contribution in [-0.4, -0.2) is 53.1 Å². The Kier molecular flexibility index (Phi) is 12.6. The van der Waals surface area contributed by atoms with Crippen LogP contribution in [-0.2, 0) is 49.7 Å². The summed E-state index contributed by atoms with van der Waals surface area (Å²) in [6.07, 6.45) is 0.243. The molecule has 11 heteroatoms. The van der Waals surface area contributed by atoms with Crippen LogP contribution in [0.2, 0.25) is 0 Å². The molecule has 4 atom stereocenters. The Morgan fingerprint density at radius 2 is 1.30 bits per heavy atom. The fraction of sp³-hybridized carbons (Fsp3) is 0.262. The molecule has 2 aliphatic rings. The van der Waals surface area contributed by atoms with Crippen molar-refractivity contribution in [2.24, 2.45) is 11.8 Å². The molecule has 5 aromatic rings. The number of Topliss-reactive ketones (excluding diaryl/α,β-unsaturated/α-hetero) is 2. The number of thiophene rings is 2.